The van der Waals surface area contributed by atoms with Gasteiger partial charge in [-0.1, -0.05) is 13.8 Å². The van der Waals surface area contributed by atoms with Crippen LogP contribution in [0.1, 0.15) is 46.8 Å². The lowest BCUT2D eigenvalue weighted by Crippen LogP contribution is -2.22. The van der Waals surface area contributed by atoms with Crippen molar-refractivity contribution in [3.8, 4) is 0 Å². The molecule has 1 N–H and O–H groups in total. The molecule has 2 aromatic rings. The van der Waals surface area contributed by atoms with Crippen molar-refractivity contribution in [3.63, 3.8) is 0 Å². The van der Waals surface area contributed by atoms with E-state index in [-0.39, 0.29) is 6.04 Å². The molecule has 2 aromatic heterocycles. The van der Waals surface area contributed by atoms with Crippen LogP contribution in [0.25, 0.3) is 0 Å². The van der Waals surface area contributed by atoms with Crippen LogP contribution in [0.5, 0.6) is 0 Å². The van der Waals surface area contributed by atoms with E-state index in [0.717, 1.165) is 23.9 Å². The van der Waals surface area contributed by atoms with E-state index in [0.29, 0.717) is 0 Å². The molecule has 0 saturated carbocycles. The Kier molecular flexibility index (Phi) is 5.57. The zero-order valence-electron chi connectivity index (χ0n) is 11.5. The second-order valence-electron chi connectivity index (χ2n) is 4.46. The number of thiazole rings is 1. The van der Waals surface area contributed by atoms with Crippen molar-refractivity contribution >= 4 is 38.6 Å². The summed E-state index contributed by atoms with van der Waals surface area (Å²) in [6, 6.07) is 2.43. The van der Waals surface area contributed by atoms with Gasteiger partial charge >= 0.3 is 0 Å². The molecule has 0 radical (unpaired) electrons. The van der Waals surface area contributed by atoms with Gasteiger partial charge in [0.25, 0.3) is 0 Å². The van der Waals surface area contributed by atoms with Crippen LogP contribution in [-0.2, 0) is 6.42 Å². The van der Waals surface area contributed by atoms with Gasteiger partial charge in [-0.25, -0.2) is 4.98 Å². The first kappa shape index (κ1) is 15.2. The molecule has 2 rings (SSSR count). The molecule has 1 atom stereocenters. The normalized spacial score (nSPS) is 12.8. The first-order valence-corrected chi connectivity index (χ1v) is 9.08. The van der Waals surface area contributed by atoms with E-state index in [1.165, 1.54) is 20.5 Å². The van der Waals surface area contributed by atoms with Crippen molar-refractivity contribution in [2.24, 2.45) is 0 Å². The van der Waals surface area contributed by atoms with Gasteiger partial charge in [0, 0.05) is 19.6 Å². The molecule has 2 nitrogen and oxygen atoms in total. The fourth-order valence-electron chi connectivity index (χ4n) is 1.98. The van der Waals surface area contributed by atoms with Gasteiger partial charge in [-0.15, -0.1) is 22.7 Å². The molecule has 5 heteroatoms. The number of aryl methyl sites for hydroxylation is 2. The van der Waals surface area contributed by atoms with Crippen LogP contribution in [0, 0.1) is 6.92 Å². The summed E-state index contributed by atoms with van der Waals surface area (Å²) in [5, 5.41) is 6.95. The Morgan fingerprint density at radius 1 is 1.42 bits per heavy atom. The minimum Gasteiger partial charge on any atom is -0.304 e. The summed E-state index contributed by atoms with van der Waals surface area (Å²) in [4.78, 5) is 7.49. The van der Waals surface area contributed by atoms with Crippen LogP contribution in [0.4, 0.5) is 0 Å². The molecule has 2 heterocycles. The summed E-state index contributed by atoms with van der Waals surface area (Å²) in [6.07, 6.45) is 2.14. The van der Waals surface area contributed by atoms with E-state index in [1.54, 1.807) is 11.3 Å². The van der Waals surface area contributed by atoms with E-state index < -0.39 is 0 Å². The quantitative estimate of drug-likeness (QED) is 0.791. The molecule has 0 spiro atoms. The van der Waals surface area contributed by atoms with Gasteiger partial charge in [0.15, 0.2) is 0 Å². The number of hydrogen-bond acceptors (Lipinski definition) is 4. The molecule has 0 saturated heterocycles. The molecule has 0 aromatic carbocycles. The highest BCUT2D eigenvalue weighted by molar-refractivity contribution is 9.10. The molecule has 0 aliphatic heterocycles. The smallest absolute Gasteiger partial charge is 0.115 e. The summed E-state index contributed by atoms with van der Waals surface area (Å²) in [5.41, 5.74) is 1.24. The van der Waals surface area contributed by atoms with Gasteiger partial charge in [0.1, 0.15) is 5.01 Å². The summed E-state index contributed by atoms with van der Waals surface area (Å²) >= 11 is 7.14. The molecular formula is C14H19BrN2S2. The number of halogens is 1. The Balaban J connectivity index is 2.30. The van der Waals surface area contributed by atoms with Gasteiger partial charge in [-0.3, -0.25) is 0 Å². The highest BCUT2D eigenvalue weighted by atomic mass is 79.9. The Morgan fingerprint density at radius 2 is 2.21 bits per heavy atom. The minimum absolute atomic E-state index is 0.236. The largest absolute Gasteiger partial charge is 0.304 e. The summed E-state index contributed by atoms with van der Waals surface area (Å²) in [7, 11) is 0. The monoisotopic (exact) mass is 358 g/mol. The Bertz CT molecular complexity index is 533. The van der Waals surface area contributed by atoms with Crippen molar-refractivity contribution in [2.45, 2.75) is 39.7 Å². The highest BCUT2D eigenvalue weighted by Gasteiger charge is 2.20. The van der Waals surface area contributed by atoms with Crippen molar-refractivity contribution in [1.82, 2.24) is 10.3 Å². The van der Waals surface area contributed by atoms with Gasteiger partial charge in [-0.2, -0.15) is 0 Å². The second-order valence-corrected chi connectivity index (χ2v) is 7.56. The maximum atomic E-state index is 4.81. The lowest BCUT2D eigenvalue weighted by Gasteiger charge is -2.14. The molecule has 0 amide bonds. The average molecular weight is 359 g/mol. The van der Waals surface area contributed by atoms with Crippen molar-refractivity contribution in [2.75, 3.05) is 6.54 Å². The SMILES string of the molecule is CCCNC(c1cc(Br)cs1)c1nc(CC)c(C)s1. The molecule has 0 fully saturated rings. The Hall–Kier alpha value is -0.230. The van der Waals surface area contributed by atoms with Gasteiger partial charge in [0.2, 0.25) is 0 Å². The predicted molar refractivity (Wildman–Crippen MR) is 88.4 cm³/mol. The molecule has 0 bridgehead atoms. The summed E-state index contributed by atoms with van der Waals surface area (Å²) in [5.74, 6) is 0. The number of nitrogens with zero attached hydrogens (tertiary/aromatic N) is 1. The average Bonchev–Trinajstić information content (AvgIpc) is 2.97. The number of thiophene rings is 1. The number of aromatic nitrogens is 1. The Labute approximate surface area is 131 Å². The highest BCUT2D eigenvalue weighted by Crippen LogP contribution is 2.33. The van der Waals surface area contributed by atoms with E-state index in [4.69, 9.17) is 4.98 Å². The molecule has 0 aliphatic carbocycles. The lowest BCUT2D eigenvalue weighted by atomic mass is 10.2. The van der Waals surface area contributed by atoms with Crippen LogP contribution in [0.2, 0.25) is 0 Å². The van der Waals surface area contributed by atoms with Crippen LogP contribution < -0.4 is 5.32 Å². The van der Waals surface area contributed by atoms with E-state index in [9.17, 15) is 0 Å². The third kappa shape index (κ3) is 3.66. The van der Waals surface area contributed by atoms with Crippen molar-refractivity contribution in [3.05, 3.63) is 36.4 Å². The number of nitrogens with one attached hydrogen (secondary N) is 1. The lowest BCUT2D eigenvalue weighted by molar-refractivity contribution is 0.601. The first-order valence-electron chi connectivity index (χ1n) is 6.59. The maximum absolute atomic E-state index is 4.81. The standard InChI is InChI=1S/C14H19BrN2S2/c1-4-6-16-13(12-7-10(15)8-18-12)14-17-11(5-2)9(3)19-14/h7-8,13,16H,4-6H2,1-3H3. The maximum Gasteiger partial charge on any atom is 0.115 e. The van der Waals surface area contributed by atoms with Crippen LogP contribution >= 0.6 is 38.6 Å². The number of rotatable bonds is 6. The zero-order valence-corrected chi connectivity index (χ0v) is 14.7. The molecule has 19 heavy (non-hydrogen) atoms. The van der Waals surface area contributed by atoms with Crippen LogP contribution in [0.3, 0.4) is 0 Å². The third-order valence-electron chi connectivity index (χ3n) is 2.96. The van der Waals surface area contributed by atoms with Crippen molar-refractivity contribution in [1.29, 1.82) is 0 Å². The topological polar surface area (TPSA) is 24.9 Å². The third-order valence-corrected chi connectivity index (χ3v) is 5.80. The number of hydrogen-bond donors (Lipinski definition) is 1. The minimum atomic E-state index is 0.236. The predicted octanol–water partition coefficient (Wildman–Crippen LogP) is 4.93. The second kappa shape index (κ2) is 6.97. The molecular weight excluding hydrogens is 340 g/mol. The fourth-order valence-corrected chi connectivity index (χ4v) is 4.68. The molecule has 0 aliphatic rings. The summed E-state index contributed by atoms with van der Waals surface area (Å²) in [6.45, 7) is 7.54. The van der Waals surface area contributed by atoms with Crippen LogP contribution in [-0.4, -0.2) is 11.5 Å². The van der Waals surface area contributed by atoms with Crippen LogP contribution in [0.15, 0.2) is 15.9 Å². The Morgan fingerprint density at radius 3 is 2.74 bits per heavy atom. The fraction of sp³-hybridized carbons (Fsp3) is 0.500. The van der Waals surface area contributed by atoms with Crippen molar-refractivity contribution < 1.29 is 0 Å². The molecule has 1 unspecified atom stereocenters. The van der Waals surface area contributed by atoms with E-state index in [2.05, 4.69) is 53.5 Å². The van der Waals surface area contributed by atoms with Gasteiger partial charge in [0.05, 0.1) is 11.7 Å². The van der Waals surface area contributed by atoms with E-state index in [1.807, 2.05) is 11.3 Å². The zero-order chi connectivity index (χ0) is 13.8. The van der Waals surface area contributed by atoms with E-state index >= 15 is 0 Å². The first-order chi connectivity index (χ1) is 9.15. The summed E-state index contributed by atoms with van der Waals surface area (Å²) < 4.78 is 1.15. The molecule has 104 valence electrons. The van der Waals surface area contributed by atoms with Gasteiger partial charge in [-0.05, 0) is 48.3 Å². The van der Waals surface area contributed by atoms with Gasteiger partial charge < -0.3 is 5.32 Å².